The molecule has 1 aliphatic rings. The minimum atomic E-state index is -3.18. The van der Waals surface area contributed by atoms with Crippen LogP contribution in [0.2, 0.25) is 0 Å². The molecule has 1 fully saturated rings. The zero-order chi connectivity index (χ0) is 20.6. The summed E-state index contributed by atoms with van der Waals surface area (Å²) in [6, 6.07) is 13.9. The number of anilines is 1. The van der Waals surface area contributed by atoms with E-state index in [1.54, 1.807) is 11.3 Å². The molecule has 1 N–H and O–H groups in total. The number of piperidine rings is 1. The average Bonchev–Trinajstić information content (AvgIpc) is 3.11. The van der Waals surface area contributed by atoms with E-state index in [0.717, 1.165) is 26.5 Å². The third-order valence-corrected chi connectivity index (χ3v) is 7.61. The van der Waals surface area contributed by atoms with Crippen molar-refractivity contribution in [3.63, 3.8) is 0 Å². The number of thiazole rings is 1. The summed E-state index contributed by atoms with van der Waals surface area (Å²) in [6.07, 6.45) is 2.30. The molecule has 29 heavy (non-hydrogen) atoms. The quantitative estimate of drug-likeness (QED) is 0.683. The first-order valence-electron chi connectivity index (χ1n) is 9.53. The molecule has 0 saturated carbocycles. The van der Waals surface area contributed by atoms with Crippen molar-refractivity contribution in [3.8, 4) is 10.6 Å². The number of carbonyl (C=O) groups is 1. The Morgan fingerprint density at radius 1 is 1.14 bits per heavy atom. The van der Waals surface area contributed by atoms with E-state index in [9.17, 15) is 13.2 Å². The normalized spacial score (nSPS) is 16.2. The first kappa shape index (κ1) is 20.0. The number of rotatable bonds is 4. The summed E-state index contributed by atoms with van der Waals surface area (Å²) in [4.78, 5) is 17.2. The number of carbonyl (C=O) groups excluding carboxylic acids is 1. The molecule has 0 aliphatic carbocycles. The van der Waals surface area contributed by atoms with Gasteiger partial charge in [-0.15, -0.1) is 11.3 Å². The van der Waals surface area contributed by atoms with Crippen LogP contribution >= 0.6 is 11.3 Å². The Morgan fingerprint density at radius 3 is 2.48 bits per heavy atom. The molecule has 0 atom stereocenters. The topological polar surface area (TPSA) is 79.4 Å². The third-order valence-electron chi connectivity index (χ3n) is 5.24. The molecule has 4 rings (SSSR count). The molecule has 3 aromatic rings. The van der Waals surface area contributed by atoms with Gasteiger partial charge in [0.1, 0.15) is 5.01 Å². The number of aromatic nitrogens is 1. The molecule has 8 heteroatoms. The highest BCUT2D eigenvalue weighted by molar-refractivity contribution is 7.88. The van der Waals surface area contributed by atoms with Crippen molar-refractivity contribution in [2.75, 3.05) is 24.7 Å². The Hall–Kier alpha value is -2.29. The third kappa shape index (κ3) is 4.49. The van der Waals surface area contributed by atoms with Gasteiger partial charge in [0, 0.05) is 30.3 Å². The van der Waals surface area contributed by atoms with Gasteiger partial charge in [-0.05, 0) is 61.7 Å². The van der Waals surface area contributed by atoms with Gasteiger partial charge in [-0.3, -0.25) is 4.79 Å². The van der Waals surface area contributed by atoms with Crippen LogP contribution in [0.4, 0.5) is 5.69 Å². The number of aryl methyl sites for hydroxylation is 1. The molecule has 2 aromatic carbocycles. The van der Waals surface area contributed by atoms with Gasteiger partial charge >= 0.3 is 0 Å². The Kier molecular flexibility index (Phi) is 5.42. The lowest BCUT2D eigenvalue weighted by Crippen LogP contribution is -2.40. The van der Waals surface area contributed by atoms with Crippen LogP contribution in [0.1, 0.15) is 18.4 Å². The van der Waals surface area contributed by atoms with Crippen molar-refractivity contribution in [2.24, 2.45) is 5.92 Å². The monoisotopic (exact) mass is 429 g/mol. The fourth-order valence-corrected chi connectivity index (χ4v) is 5.49. The summed E-state index contributed by atoms with van der Waals surface area (Å²) in [7, 11) is -3.18. The number of sulfonamides is 1. The Morgan fingerprint density at radius 2 is 1.83 bits per heavy atom. The highest BCUT2D eigenvalue weighted by Crippen LogP contribution is 2.31. The van der Waals surface area contributed by atoms with E-state index in [2.05, 4.69) is 24.4 Å². The van der Waals surface area contributed by atoms with Crippen LogP contribution in [0.3, 0.4) is 0 Å². The average molecular weight is 430 g/mol. The van der Waals surface area contributed by atoms with Gasteiger partial charge in [0.25, 0.3) is 0 Å². The van der Waals surface area contributed by atoms with Crippen molar-refractivity contribution in [1.29, 1.82) is 0 Å². The molecule has 1 saturated heterocycles. The fourth-order valence-electron chi connectivity index (χ4n) is 3.55. The van der Waals surface area contributed by atoms with E-state index in [0.29, 0.717) is 25.9 Å². The maximum atomic E-state index is 12.5. The minimum absolute atomic E-state index is 0.0543. The molecule has 1 amide bonds. The highest BCUT2D eigenvalue weighted by atomic mass is 32.2. The van der Waals surface area contributed by atoms with Gasteiger partial charge in [0.2, 0.25) is 15.9 Å². The summed E-state index contributed by atoms with van der Waals surface area (Å²) < 4.78 is 25.8. The van der Waals surface area contributed by atoms with Gasteiger partial charge in [0.05, 0.1) is 16.5 Å². The Bertz CT molecular complexity index is 1150. The van der Waals surface area contributed by atoms with Crippen LogP contribution in [0, 0.1) is 12.8 Å². The molecule has 0 spiro atoms. The molecule has 0 unspecified atom stereocenters. The standard InChI is InChI=1S/C21H23N3O3S2/c1-14-3-8-18-19(13-14)28-21(23-18)16-4-6-17(7-5-16)22-20(25)15-9-11-24(12-10-15)29(2,26)27/h3-8,13,15H,9-12H2,1-2H3,(H,22,25). The van der Waals surface area contributed by atoms with Crippen LogP contribution in [-0.2, 0) is 14.8 Å². The highest BCUT2D eigenvalue weighted by Gasteiger charge is 2.28. The van der Waals surface area contributed by atoms with Crippen molar-refractivity contribution in [3.05, 3.63) is 48.0 Å². The lowest BCUT2D eigenvalue weighted by Gasteiger charge is -2.29. The van der Waals surface area contributed by atoms with E-state index in [1.165, 1.54) is 16.1 Å². The van der Waals surface area contributed by atoms with Gasteiger partial charge in [0.15, 0.2) is 0 Å². The lowest BCUT2D eigenvalue weighted by molar-refractivity contribution is -0.120. The van der Waals surface area contributed by atoms with E-state index < -0.39 is 10.0 Å². The SMILES string of the molecule is Cc1ccc2nc(-c3ccc(NC(=O)C4CCN(S(C)(=O)=O)CC4)cc3)sc2c1. The number of nitrogens with one attached hydrogen (secondary N) is 1. The predicted octanol–water partition coefficient (Wildman–Crippen LogP) is 3.88. The summed E-state index contributed by atoms with van der Waals surface area (Å²) in [5.74, 6) is -0.221. The first-order chi connectivity index (χ1) is 13.8. The predicted molar refractivity (Wildman–Crippen MR) is 118 cm³/mol. The van der Waals surface area contributed by atoms with Gasteiger partial charge < -0.3 is 5.32 Å². The number of hydrogen-bond donors (Lipinski definition) is 1. The molecular weight excluding hydrogens is 406 g/mol. The maximum absolute atomic E-state index is 12.5. The van der Waals surface area contributed by atoms with E-state index in [-0.39, 0.29) is 11.8 Å². The molecule has 152 valence electrons. The van der Waals surface area contributed by atoms with Gasteiger partial charge in [-0.2, -0.15) is 0 Å². The van der Waals surface area contributed by atoms with Crippen LogP contribution < -0.4 is 5.32 Å². The maximum Gasteiger partial charge on any atom is 0.227 e. The summed E-state index contributed by atoms with van der Waals surface area (Å²) in [5.41, 5.74) is 3.96. The number of benzene rings is 2. The van der Waals surface area contributed by atoms with Crippen molar-refractivity contribution < 1.29 is 13.2 Å². The molecule has 6 nitrogen and oxygen atoms in total. The second-order valence-electron chi connectivity index (χ2n) is 7.49. The summed E-state index contributed by atoms with van der Waals surface area (Å²) in [6.45, 7) is 2.86. The van der Waals surface area contributed by atoms with E-state index >= 15 is 0 Å². The summed E-state index contributed by atoms with van der Waals surface area (Å²) >= 11 is 1.66. The zero-order valence-electron chi connectivity index (χ0n) is 16.4. The van der Waals surface area contributed by atoms with E-state index in [4.69, 9.17) is 4.98 Å². The van der Waals surface area contributed by atoms with Crippen LogP contribution in [0.25, 0.3) is 20.8 Å². The molecule has 1 aliphatic heterocycles. The van der Waals surface area contributed by atoms with Crippen LogP contribution in [-0.4, -0.2) is 43.0 Å². The second-order valence-corrected chi connectivity index (χ2v) is 10.5. The lowest BCUT2D eigenvalue weighted by atomic mass is 9.97. The van der Waals surface area contributed by atoms with Crippen LogP contribution in [0.5, 0.6) is 0 Å². The second kappa shape index (κ2) is 7.85. The van der Waals surface area contributed by atoms with E-state index in [1.807, 2.05) is 30.3 Å². The summed E-state index contributed by atoms with van der Waals surface area (Å²) in [5, 5.41) is 3.91. The number of fused-ring (bicyclic) bond motifs is 1. The fraction of sp³-hybridized carbons (Fsp3) is 0.333. The number of amides is 1. The van der Waals surface area contributed by atoms with Crippen LogP contribution in [0.15, 0.2) is 42.5 Å². The van der Waals surface area contributed by atoms with Gasteiger partial charge in [-0.25, -0.2) is 17.7 Å². The van der Waals surface area contributed by atoms with Crippen molar-refractivity contribution in [2.45, 2.75) is 19.8 Å². The Labute approximate surface area is 174 Å². The number of nitrogens with zero attached hydrogens (tertiary/aromatic N) is 2. The minimum Gasteiger partial charge on any atom is -0.326 e. The Balaban J connectivity index is 1.41. The largest absolute Gasteiger partial charge is 0.326 e. The molecule has 0 bridgehead atoms. The van der Waals surface area contributed by atoms with Gasteiger partial charge in [-0.1, -0.05) is 6.07 Å². The van der Waals surface area contributed by atoms with Crippen molar-refractivity contribution in [1.82, 2.24) is 9.29 Å². The smallest absolute Gasteiger partial charge is 0.227 e. The first-order valence-corrected chi connectivity index (χ1v) is 12.2. The molecular formula is C21H23N3O3S2. The molecule has 0 radical (unpaired) electrons. The zero-order valence-corrected chi connectivity index (χ0v) is 18.0. The number of hydrogen-bond acceptors (Lipinski definition) is 5. The van der Waals surface area contributed by atoms with Crippen molar-refractivity contribution >= 4 is 43.2 Å². The molecule has 1 aromatic heterocycles. The molecule has 2 heterocycles.